The molecule has 2 nitrogen and oxygen atoms in total. The lowest BCUT2D eigenvalue weighted by Crippen LogP contribution is -2.36. The molecule has 0 fully saturated rings. The normalized spacial score (nSPS) is 14.7. The smallest absolute Gasteiger partial charge is 0.263 e. The number of benzene rings is 2. The minimum Gasteiger partial charge on any atom is -0.334 e. The van der Waals surface area contributed by atoms with Crippen molar-refractivity contribution in [2.45, 2.75) is 44.4 Å². The summed E-state index contributed by atoms with van der Waals surface area (Å²) in [5, 5.41) is 2.70. The van der Waals surface area contributed by atoms with Gasteiger partial charge in [0.25, 0.3) is 5.01 Å². The van der Waals surface area contributed by atoms with Gasteiger partial charge in [-0.2, -0.15) is 28.1 Å². The Hall–Kier alpha value is 0.0600. The van der Waals surface area contributed by atoms with Crippen molar-refractivity contribution < 1.29 is 4.57 Å². The average molecular weight is 670 g/mol. The maximum Gasteiger partial charge on any atom is 0.263 e. The van der Waals surface area contributed by atoms with Gasteiger partial charge in [0.05, 0.1) is 16.5 Å². The number of hydrogen-bond donors (Lipinski definition) is 0. The van der Waals surface area contributed by atoms with E-state index in [1.54, 1.807) is 0 Å². The Morgan fingerprint density at radius 2 is 1.49 bits per heavy atom. The molecule has 1 aliphatic rings. The molecule has 0 spiro atoms. The Morgan fingerprint density at radius 1 is 0.846 bits per heavy atom. The van der Waals surface area contributed by atoms with Crippen molar-refractivity contribution in [1.82, 2.24) is 0 Å². The Morgan fingerprint density at radius 3 is 2.13 bits per heavy atom. The van der Waals surface area contributed by atoms with E-state index in [2.05, 4.69) is 90.3 Å². The monoisotopic (exact) mass is 669 g/mol. The number of thiazole rings is 1. The molecule has 0 atom stereocenters. The zero-order valence-corrected chi connectivity index (χ0v) is 30.2. The average Bonchev–Trinajstić information content (AvgIpc) is 3.47. The van der Waals surface area contributed by atoms with Crippen LogP contribution in [0.1, 0.15) is 18.4 Å². The van der Waals surface area contributed by atoms with Crippen LogP contribution in [0, 0.1) is 0 Å². The van der Waals surface area contributed by atoms with Gasteiger partial charge in [0.1, 0.15) is 4.70 Å². The highest BCUT2D eigenvalue weighted by molar-refractivity contribution is 8.04. The first-order valence-electron chi connectivity index (χ1n) is 12.7. The van der Waals surface area contributed by atoms with Crippen LogP contribution >= 0.6 is 93.7 Å². The molecule has 1 aromatic heterocycles. The van der Waals surface area contributed by atoms with Gasteiger partial charge in [0.15, 0.2) is 6.54 Å². The van der Waals surface area contributed by atoms with Gasteiger partial charge in [-0.05, 0) is 73.8 Å². The molecular weight excluding hydrogens is 633 g/mol. The van der Waals surface area contributed by atoms with Gasteiger partial charge in [-0.3, -0.25) is 0 Å². The van der Waals surface area contributed by atoms with Crippen molar-refractivity contribution in [2.24, 2.45) is 0 Å². The van der Waals surface area contributed by atoms with Crippen LogP contribution in [-0.4, -0.2) is 55.6 Å². The van der Waals surface area contributed by atoms with Gasteiger partial charge in [-0.1, -0.05) is 30.0 Å². The Labute approximate surface area is 268 Å². The van der Waals surface area contributed by atoms with Gasteiger partial charge in [-0.15, -0.1) is 47.0 Å². The number of aromatic nitrogens is 1. The summed E-state index contributed by atoms with van der Waals surface area (Å²) in [5.74, 6) is 2.23. The second-order valence-corrected chi connectivity index (χ2v) is 16.2. The maximum atomic E-state index is 2.55. The number of rotatable bonds is 13. The highest BCUT2D eigenvalue weighted by Gasteiger charge is 2.27. The van der Waals surface area contributed by atoms with Crippen molar-refractivity contribution in [3.8, 4) is 0 Å². The predicted octanol–water partition coefficient (Wildman–Crippen LogP) is 10.0. The summed E-state index contributed by atoms with van der Waals surface area (Å²) < 4.78 is 3.93. The molecule has 39 heavy (non-hydrogen) atoms. The number of aryl methyl sites for hydroxylation is 1. The molecule has 0 radical (unpaired) electrons. The van der Waals surface area contributed by atoms with Crippen molar-refractivity contribution in [3.05, 3.63) is 46.0 Å². The van der Waals surface area contributed by atoms with Gasteiger partial charge >= 0.3 is 0 Å². The molecule has 210 valence electrons. The fraction of sp³-hybridized carbons (Fsp3) is 0.414. The van der Waals surface area contributed by atoms with Crippen LogP contribution in [-0.2, 0) is 6.54 Å². The van der Waals surface area contributed by atoms with Crippen LogP contribution in [0.3, 0.4) is 0 Å². The predicted molar refractivity (Wildman–Crippen MR) is 192 cm³/mol. The molecule has 10 heteroatoms. The fourth-order valence-corrected chi connectivity index (χ4v) is 10.7. The second kappa shape index (κ2) is 15.5. The zero-order chi connectivity index (χ0) is 27.9. The molecular formula is C29H37N2S8+. The van der Waals surface area contributed by atoms with Crippen molar-refractivity contribution in [3.63, 3.8) is 0 Å². The molecule has 1 aliphatic heterocycles. The molecule has 0 aliphatic carbocycles. The summed E-state index contributed by atoms with van der Waals surface area (Å²) in [6, 6.07) is 9.61. The topological polar surface area (TPSA) is 7.12 Å². The van der Waals surface area contributed by atoms with E-state index in [1.807, 2.05) is 93.7 Å². The molecule has 4 rings (SSSR count). The Balaban J connectivity index is 1.79. The summed E-state index contributed by atoms with van der Waals surface area (Å²) in [6.45, 7) is 4.35. The summed E-state index contributed by atoms with van der Waals surface area (Å²) in [4.78, 5) is 9.43. The first-order chi connectivity index (χ1) is 19.0. The lowest BCUT2D eigenvalue weighted by Gasteiger charge is -2.21. The summed E-state index contributed by atoms with van der Waals surface area (Å²) in [5.41, 5.74) is 4.11. The molecule has 0 bridgehead atoms. The van der Waals surface area contributed by atoms with Crippen LogP contribution in [0.15, 0.2) is 65.4 Å². The first kappa shape index (κ1) is 32.0. The van der Waals surface area contributed by atoms with Crippen molar-refractivity contribution >= 4 is 116 Å². The van der Waals surface area contributed by atoms with Crippen LogP contribution in [0.2, 0.25) is 0 Å². The number of nitrogens with zero attached hydrogens (tertiary/aromatic N) is 2. The van der Waals surface area contributed by atoms with Crippen molar-refractivity contribution in [2.75, 3.05) is 60.5 Å². The molecule has 3 aromatic rings. The standard InChI is InChI=1S/C29H37N2S8/c1-8-19(13-28-30(9-11-32-2)20-15-24(34-4)26(36-6)17-22(20)38-28)14-29-31(10-12-33-3)21-16-25(35-5)27(37-7)18-23(21)39-29/h13-18H,8-12H2,1-7H3/q+1. The van der Waals surface area contributed by atoms with E-state index >= 15 is 0 Å². The zero-order valence-electron chi connectivity index (χ0n) is 23.7. The number of fused-ring (bicyclic) bond motifs is 2. The maximum absolute atomic E-state index is 2.55. The van der Waals surface area contributed by atoms with E-state index in [9.17, 15) is 0 Å². The van der Waals surface area contributed by atoms with Crippen LogP contribution < -0.4 is 9.47 Å². The van der Waals surface area contributed by atoms with E-state index in [4.69, 9.17) is 0 Å². The van der Waals surface area contributed by atoms with Gasteiger partial charge in [0, 0.05) is 48.9 Å². The number of thioether (sulfide) groups is 7. The van der Waals surface area contributed by atoms with Crippen LogP contribution in [0.4, 0.5) is 5.69 Å². The van der Waals surface area contributed by atoms with Crippen LogP contribution in [0.5, 0.6) is 0 Å². The Bertz CT molecular complexity index is 1360. The minimum atomic E-state index is 1.01. The van der Waals surface area contributed by atoms with E-state index in [1.165, 1.54) is 56.0 Å². The third kappa shape index (κ3) is 7.35. The highest BCUT2D eigenvalue weighted by Crippen LogP contribution is 2.50. The molecule has 0 amide bonds. The van der Waals surface area contributed by atoms with E-state index in [-0.39, 0.29) is 0 Å². The van der Waals surface area contributed by atoms with Gasteiger partial charge in [0.2, 0.25) is 5.52 Å². The van der Waals surface area contributed by atoms with E-state index in [0.717, 1.165) is 31.0 Å². The molecule has 2 heterocycles. The minimum absolute atomic E-state index is 1.01. The first-order valence-corrected chi connectivity index (χ1v) is 22.0. The molecule has 0 unspecified atom stereocenters. The second-order valence-electron chi connectivity index (χ2n) is 8.74. The Kier molecular flexibility index (Phi) is 12.7. The summed E-state index contributed by atoms with van der Waals surface area (Å²) in [7, 11) is 0. The number of hydrogen-bond acceptors (Lipinski definition) is 9. The lowest BCUT2D eigenvalue weighted by atomic mass is 10.2. The quantitative estimate of drug-likeness (QED) is 0.129. The number of anilines is 1. The summed E-state index contributed by atoms with van der Waals surface area (Å²) >= 11 is 15.1. The third-order valence-electron chi connectivity index (χ3n) is 6.54. The fourth-order valence-electron chi connectivity index (χ4n) is 4.46. The SMILES string of the molecule is CCC(=Cc1sc2cc(SC)c(SC)cc2[n+]1CCSC)C=C1Sc2cc(SC)c(SC)cc2N1CCSC. The van der Waals surface area contributed by atoms with Gasteiger partial charge in [-0.25, -0.2) is 0 Å². The van der Waals surface area contributed by atoms with E-state index in [0.29, 0.717) is 0 Å². The van der Waals surface area contributed by atoms with Gasteiger partial charge < -0.3 is 4.90 Å². The summed E-state index contributed by atoms with van der Waals surface area (Å²) in [6.07, 6.45) is 19.1. The largest absolute Gasteiger partial charge is 0.334 e. The van der Waals surface area contributed by atoms with Crippen molar-refractivity contribution in [1.29, 1.82) is 0 Å². The molecule has 0 N–H and O–H groups in total. The highest BCUT2D eigenvalue weighted by atomic mass is 32.2. The number of allylic oxidation sites excluding steroid dienone is 2. The molecule has 2 aromatic carbocycles. The van der Waals surface area contributed by atoms with Crippen LogP contribution in [0.25, 0.3) is 16.3 Å². The van der Waals surface area contributed by atoms with E-state index < -0.39 is 0 Å². The lowest BCUT2D eigenvalue weighted by molar-refractivity contribution is -0.664. The third-order valence-corrected chi connectivity index (χ3v) is 13.3. The molecule has 0 saturated heterocycles. The molecule has 0 saturated carbocycles.